The molecule has 10 heteroatoms. The summed E-state index contributed by atoms with van der Waals surface area (Å²) in [5.74, 6) is 0. The maximum atomic E-state index is 11.9. The summed E-state index contributed by atoms with van der Waals surface area (Å²) in [5, 5.41) is 9.79. The van der Waals surface area contributed by atoms with Crippen molar-refractivity contribution in [2.75, 3.05) is 51.3 Å². The Morgan fingerprint density at radius 1 is 0.875 bits per heavy atom. The van der Waals surface area contributed by atoms with Crippen LogP contribution in [0.5, 0.6) is 0 Å². The zero-order valence-electron chi connectivity index (χ0n) is 20.4. The van der Waals surface area contributed by atoms with Crippen LogP contribution in [-0.2, 0) is 18.9 Å². The minimum Gasteiger partial charge on any atom is -0.444 e. The summed E-state index contributed by atoms with van der Waals surface area (Å²) in [4.78, 5) is 27.0. The first kappa shape index (κ1) is 28.9. The standard InChI is InChI=1S/C11H20BrNO3.C11H21NO4/c1-11(2,3)16-10(14)13-5-4-6-15-9(7-12)8-13;1-11(2,3)16-10(14)12-5-4-6-15-9(7-12)8-13/h9H,4-8H2,1-3H3;9,13H,4-8H2,1-3H3. The van der Waals surface area contributed by atoms with Gasteiger partial charge in [-0.15, -0.1) is 0 Å². The van der Waals surface area contributed by atoms with E-state index in [4.69, 9.17) is 24.1 Å². The molecule has 1 N–H and O–H groups in total. The van der Waals surface area contributed by atoms with Crippen molar-refractivity contribution in [3.05, 3.63) is 0 Å². The minimum atomic E-state index is -0.487. The molecule has 0 spiro atoms. The second kappa shape index (κ2) is 13.6. The van der Waals surface area contributed by atoms with Gasteiger partial charge in [0.05, 0.1) is 31.9 Å². The third-order valence-electron chi connectivity index (χ3n) is 4.38. The largest absolute Gasteiger partial charge is 0.444 e. The lowest BCUT2D eigenvalue weighted by molar-refractivity contribution is -0.00101. The molecule has 2 unspecified atom stereocenters. The van der Waals surface area contributed by atoms with E-state index in [0.29, 0.717) is 39.4 Å². The molecule has 2 heterocycles. The lowest BCUT2D eigenvalue weighted by atomic mass is 10.2. The van der Waals surface area contributed by atoms with Gasteiger partial charge >= 0.3 is 12.2 Å². The Hall–Kier alpha value is -1.10. The van der Waals surface area contributed by atoms with Crippen LogP contribution in [0, 0.1) is 0 Å². The number of amides is 2. The fraction of sp³-hybridized carbons (Fsp3) is 0.909. The van der Waals surface area contributed by atoms with Crippen molar-refractivity contribution in [1.29, 1.82) is 0 Å². The number of hydrogen-bond acceptors (Lipinski definition) is 7. The minimum absolute atomic E-state index is 0.0648. The van der Waals surface area contributed by atoms with Gasteiger partial charge in [0.2, 0.25) is 0 Å². The topological polar surface area (TPSA) is 97.8 Å². The van der Waals surface area contributed by atoms with Gasteiger partial charge in [0, 0.05) is 31.6 Å². The third kappa shape index (κ3) is 12.2. The normalized spacial score (nSPS) is 22.8. The number of aliphatic hydroxyl groups is 1. The molecular formula is C22H41BrN2O7. The van der Waals surface area contributed by atoms with Gasteiger partial charge in [-0.25, -0.2) is 9.59 Å². The molecule has 0 radical (unpaired) electrons. The van der Waals surface area contributed by atoms with E-state index < -0.39 is 11.2 Å². The molecule has 2 aliphatic heterocycles. The lowest BCUT2D eigenvalue weighted by Gasteiger charge is -2.27. The molecule has 2 amide bonds. The van der Waals surface area contributed by atoms with Crippen LogP contribution in [0.25, 0.3) is 0 Å². The Labute approximate surface area is 200 Å². The van der Waals surface area contributed by atoms with Crippen molar-refractivity contribution < 1.29 is 33.6 Å². The second-order valence-corrected chi connectivity index (χ2v) is 10.5. The number of halogens is 1. The van der Waals surface area contributed by atoms with E-state index in [1.165, 1.54) is 0 Å². The molecule has 0 aromatic rings. The van der Waals surface area contributed by atoms with Crippen molar-refractivity contribution in [2.24, 2.45) is 0 Å². The van der Waals surface area contributed by atoms with E-state index in [1.54, 1.807) is 9.80 Å². The maximum absolute atomic E-state index is 11.9. The fourth-order valence-electron chi connectivity index (χ4n) is 2.98. The molecule has 0 bridgehead atoms. The van der Waals surface area contributed by atoms with E-state index in [1.807, 2.05) is 41.5 Å². The van der Waals surface area contributed by atoms with Crippen molar-refractivity contribution in [1.82, 2.24) is 9.80 Å². The Balaban J connectivity index is 0.000000320. The monoisotopic (exact) mass is 524 g/mol. The summed E-state index contributed by atoms with van der Waals surface area (Å²) in [6.45, 7) is 14.7. The van der Waals surface area contributed by atoms with E-state index in [-0.39, 0.29) is 31.0 Å². The van der Waals surface area contributed by atoms with Crippen LogP contribution in [0.2, 0.25) is 0 Å². The third-order valence-corrected chi connectivity index (χ3v) is 5.10. The highest BCUT2D eigenvalue weighted by molar-refractivity contribution is 9.09. The zero-order chi connectivity index (χ0) is 24.4. The zero-order valence-corrected chi connectivity index (χ0v) is 22.0. The van der Waals surface area contributed by atoms with E-state index in [0.717, 1.165) is 18.2 Å². The molecule has 2 fully saturated rings. The quantitative estimate of drug-likeness (QED) is 0.552. The highest BCUT2D eigenvalue weighted by atomic mass is 79.9. The van der Waals surface area contributed by atoms with Crippen molar-refractivity contribution >= 4 is 28.1 Å². The van der Waals surface area contributed by atoms with E-state index >= 15 is 0 Å². The molecule has 0 saturated carbocycles. The summed E-state index contributed by atoms with van der Waals surface area (Å²) in [6, 6.07) is 0. The van der Waals surface area contributed by atoms with Crippen molar-refractivity contribution in [3.8, 4) is 0 Å². The van der Waals surface area contributed by atoms with Crippen LogP contribution in [0.4, 0.5) is 9.59 Å². The number of carbonyl (C=O) groups is 2. The summed E-state index contributed by atoms with van der Waals surface area (Å²) >= 11 is 3.38. The Kier molecular flexibility index (Phi) is 12.3. The molecule has 2 rings (SSSR count). The van der Waals surface area contributed by atoms with Crippen LogP contribution in [0.1, 0.15) is 54.4 Å². The van der Waals surface area contributed by atoms with Gasteiger partial charge in [0.1, 0.15) is 11.2 Å². The molecule has 32 heavy (non-hydrogen) atoms. The molecule has 0 aliphatic carbocycles. The highest BCUT2D eigenvalue weighted by Crippen LogP contribution is 2.15. The summed E-state index contributed by atoms with van der Waals surface area (Å²) in [5.41, 5.74) is -0.924. The van der Waals surface area contributed by atoms with Gasteiger partial charge in [-0.1, -0.05) is 15.9 Å². The van der Waals surface area contributed by atoms with Crippen LogP contribution in [0.15, 0.2) is 0 Å². The number of alkyl halides is 1. The van der Waals surface area contributed by atoms with Crippen LogP contribution >= 0.6 is 15.9 Å². The number of aliphatic hydroxyl groups excluding tert-OH is 1. The number of hydrogen-bond donors (Lipinski definition) is 1. The SMILES string of the molecule is CC(C)(C)OC(=O)N1CCCOC(CBr)C1.CC(C)(C)OC(=O)N1CCCOC(CO)C1. The Bertz CT molecular complexity index is 528. The first-order valence-corrected chi connectivity index (χ1v) is 12.3. The van der Waals surface area contributed by atoms with Crippen LogP contribution in [0.3, 0.4) is 0 Å². The summed E-state index contributed by atoms with van der Waals surface area (Å²) < 4.78 is 21.5. The van der Waals surface area contributed by atoms with Gasteiger partial charge in [-0.2, -0.15) is 0 Å². The van der Waals surface area contributed by atoms with Gasteiger partial charge in [-0.3, -0.25) is 0 Å². The molecule has 188 valence electrons. The molecule has 0 aromatic heterocycles. The molecule has 2 aliphatic rings. The van der Waals surface area contributed by atoms with Crippen LogP contribution in [-0.4, -0.2) is 102 Å². The van der Waals surface area contributed by atoms with Gasteiger partial charge in [0.15, 0.2) is 0 Å². The molecule has 2 atom stereocenters. The molecular weight excluding hydrogens is 484 g/mol. The van der Waals surface area contributed by atoms with Crippen molar-refractivity contribution in [3.63, 3.8) is 0 Å². The molecule has 0 aromatic carbocycles. The van der Waals surface area contributed by atoms with Gasteiger partial charge < -0.3 is 33.9 Å². The van der Waals surface area contributed by atoms with Crippen LogP contribution < -0.4 is 0 Å². The Morgan fingerprint density at radius 3 is 1.66 bits per heavy atom. The number of rotatable bonds is 2. The van der Waals surface area contributed by atoms with E-state index in [2.05, 4.69) is 15.9 Å². The number of carbonyl (C=O) groups excluding carboxylic acids is 2. The smallest absolute Gasteiger partial charge is 0.410 e. The first-order chi connectivity index (χ1) is 14.8. The van der Waals surface area contributed by atoms with E-state index in [9.17, 15) is 9.59 Å². The second-order valence-electron chi connectivity index (χ2n) is 9.88. The summed E-state index contributed by atoms with van der Waals surface area (Å²) in [7, 11) is 0. The highest BCUT2D eigenvalue weighted by Gasteiger charge is 2.27. The molecule has 2 saturated heterocycles. The van der Waals surface area contributed by atoms with Gasteiger partial charge in [0.25, 0.3) is 0 Å². The average Bonchev–Trinajstić information content (AvgIpc) is 3.06. The fourth-order valence-corrected chi connectivity index (χ4v) is 3.37. The van der Waals surface area contributed by atoms with Crippen molar-refractivity contribution in [2.45, 2.75) is 77.8 Å². The predicted molar refractivity (Wildman–Crippen MR) is 125 cm³/mol. The average molecular weight is 525 g/mol. The Morgan fingerprint density at radius 2 is 1.28 bits per heavy atom. The lowest BCUT2D eigenvalue weighted by Crippen LogP contribution is -2.41. The molecule has 9 nitrogen and oxygen atoms in total. The number of nitrogens with zero attached hydrogens (tertiary/aromatic N) is 2. The number of ether oxygens (including phenoxy) is 4. The van der Waals surface area contributed by atoms with Gasteiger partial charge in [-0.05, 0) is 54.4 Å². The first-order valence-electron chi connectivity index (χ1n) is 11.2. The predicted octanol–water partition coefficient (Wildman–Crippen LogP) is 3.41. The maximum Gasteiger partial charge on any atom is 0.410 e. The summed E-state index contributed by atoms with van der Waals surface area (Å²) in [6.07, 6.45) is 0.823.